The first-order valence-electron chi connectivity index (χ1n) is 11.3. The maximum absolute atomic E-state index is 12.8. The van der Waals surface area contributed by atoms with E-state index in [1.807, 2.05) is 0 Å². The third kappa shape index (κ3) is 8.01. The van der Waals surface area contributed by atoms with Gasteiger partial charge in [0, 0.05) is 15.6 Å². The Morgan fingerprint density at radius 3 is 2.38 bits per heavy atom. The molecule has 0 spiro atoms. The summed E-state index contributed by atoms with van der Waals surface area (Å²) < 4.78 is 43.0. The molecule has 0 bridgehead atoms. The number of nitrogens with one attached hydrogen (secondary N) is 1. The highest BCUT2D eigenvalue weighted by atomic mass is 79.9. The minimum atomic E-state index is -3.78. The van der Waals surface area contributed by atoms with E-state index in [4.69, 9.17) is 37.4 Å². The van der Waals surface area contributed by atoms with Crippen LogP contribution in [0.25, 0.3) is 0 Å². The van der Waals surface area contributed by atoms with E-state index >= 15 is 0 Å². The summed E-state index contributed by atoms with van der Waals surface area (Å²) in [5.41, 5.74) is 4.03. The molecule has 0 radical (unpaired) electrons. The highest BCUT2D eigenvalue weighted by Gasteiger charge is 2.29. The van der Waals surface area contributed by atoms with Crippen LogP contribution in [0.5, 0.6) is 17.2 Å². The van der Waals surface area contributed by atoms with Crippen molar-refractivity contribution in [1.29, 1.82) is 0 Å². The maximum atomic E-state index is 12.8. The van der Waals surface area contributed by atoms with Gasteiger partial charge in [-0.05, 0) is 76.9 Å². The Bertz CT molecular complexity index is 1470. The smallest absolute Gasteiger partial charge is 0.263 e. The SMILES string of the molecule is COc1ccc(N([C@H](C)C(=O)N/N=C\c2cc(Br)c(OCc3ccc(Cl)cc3Cl)c(OC)c2)S(C)(=O)=O)cc1. The summed E-state index contributed by atoms with van der Waals surface area (Å²) in [6.45, 7) is 1.65. The highest BCUT2D eigenvalue weighted by Crippen LogP contribution is 2.37. The van der Waals surface area contributed by atoms with E-state index in [2.05, 4.69) is 26.5 Å². The van der Waals surface area contributed by atoms with E-state index in [0.29, 0.717) is 43.0 Å². The normalized spacial score (nSPS) is 12.2. The molecule has 0 saturated heterocycles. The number of hydrogen-bond acceptors (Lipinski definition) is 7. The Morgan fingerprint density at radius 1 is 1.10 bits per heavy atom. The van der Waals surface area contributed by atoms with Crippen molar-refractivity contribution in [3.63, 3.8) is 0 Å². The van der Waals surface area contributed by atoms with Gasteiger partial charge in [0.1, 0.15) is 18.4 Å². The number of amides is 1. The molecule has 0 saturated carbocycles. The predicted octanol–water partition coefficient (Wildman–Crippen LogP) is 5.66. The molecule has 0 heterocycles. The Labute approximate surface area is 245 Å². The molecule has 39 heavy (non-hydrogen) atoms. The lowest BCUT2D eigenvalue weighted by Gasteiger charge is -2.27. The van der Waals surface area contributed by atoms with Gasteiger partial charge in [0.05, 0.1) is 36.9 Å². The topological polar surface area (TPSA) is 107 Å². The average Bonchev–Trinajstić information content (AvgIpc) is 2.88. The Morgan fingerprint density at radius 2 is 1.79 bits per heavy atom. The molecular formula is C26H26BrCl2N3O6S. The van der Waals surface area contributed by atoms with Gasteiger partial charge in [-0.1, -0.05) is 29.3 Å². The van der Waals surface area contributed by atoms with Crippen molar-refractivity contribution in [2.45, 2.75) is 19.6 Å². The first kappa shape index (κ1) is 30.6. The van der Waals surface area contributed by atoms with Crippen molar-refractivity contribution < 1.29 is 27.4 Å². The first-order chi connectivity index (χ1) is 18.4. The van der Waals surface area contributed by atoms with Crippen LogP contribution in [0.4, 0.5) is 5.69 Å². The van der Waals surface area contributed by atoms with E-state index < -0.39 is 22.0 Å². The molecule has 3 rings (SSSR count). The minimum absolute atomic E-state index is 0.178. The molecule has 3 aromatic carbocycles. The number of methoxy groups -OCH3 is 2. The number of hydrogen-bond donors (Lipinski definition) is 1. The maximum Gasteiger partial charge on any atom is 0.263 e. The Balaban J connectivity index is 1.72. The van der Waals surface area contributed by atoms with Gasteiger partial charge in [-0.25, -0.2) is 13.8 Å². The van der Waals surface area contributed by atoms with Crippen LogP contribution >= 0.6 is 39.1 Å². The number of carbonyl (C=O) groups excluding carboxylic acids is 1. The summed E-state index contributed by atoms with van der Waals surface area (Å²) >= 11 is 15.7. The summed E-state index contributed by atoms with van der Waals surface area (Å²) in [5.74, 6) is 0.791. The van der Waals surface area contributed by atoms with Gasteiger partial charge in [0.25, 0.3) is 5.91 Å². The van der Waals surface area contributed by atoms with Crippen LogP contribution in [0.15, 0.2) is 64.2 Å². The average molecular weight is 659 g/mol. The fourth-order valence-electron chi connectivity index (χ4n) is 3.54. The molecule has 0 fully saturated rings. The van der Waals surface area contributed by atoms with Crippen LogP contribution in [-0.2, 0) is 21.4 Å². The molecular weight excluding hydrogens is 633 g/mol. The van der Waals surface area contributed by atoms with E-state index in [-0.39, 0.29) is 6.61 Å². The van der Waals surface area contributed by atoms with Gasteiger partial charge in [-0.3, -0.25) is 9.10 Å². The van der Waals surface area contributed by atoms with Crippen LogP contribution in [0.3, 0.4) is 0 Å². The summed E-state index contributed by atoms with van der Waals surface area (Å²) in [7, 11) is -0.784. The second-order valence-corrected chi connectivity index (χ2v) is 11.8. The van der Waals surface area contributed by atoms with Crippen molar-refractivity contribution in [2.75, 3.05) is 24.8 Å². The number of benzene rings is 3. The summed E-state index contributed by atoms with van der Waals surface area (Å²) in [4.78, 5) is 12.8. The summed E-state index contributed by atoms with van der Waals surface area (Å²) in [6, 6.07) is 13.8. The number of anilines is 1. The molecule has 0 aromatic heterocycles. The molecule has 13 heteroatoms. The number of carbonyl (C=O) groups is 1. The molecule has 0 aliphatic rings. The third-order valence-corrected chi connectivity index (χ3v) is 7.86. The molecule has 1 amide bonds. The van der Waals surface area contributed by atoms with E-state index in [9.17, 15) is 13.2 Å². The van der Waals surface area contributed by atoms with Crippen LogP contribution in [0, 0.1) is 0 Å². The molecule has 0 unspecified atom stereocenters. The van der Waals surface area contributed by atoms with Crippen molar-refractivity contribution in [3.8, 4) is 17.2 Å². The second kappa shape index (κ2) is 13.4. The van der Waals surface area contributed by atoms with Gasteiger partial charge in [-0.15, -0.1) is 0 Å². The fourth-order valence-corrected chi connectivity index (χ4v) is 5.76. The van der Waals surface area contributed by atoms with Crippen molar-refractivity contribution >= 4 is 67.0 Å². The number of nitrogens with zero attached hydrogens (tertiary/aromatic N) is 2. The van der Waals surface area contributed by atoms with Gasteiger partial charge in [0.2, 0.25) is 10.0 Å². The molecule has 9 nitrogen and oxygen atoms in total. The van der Waals surface area contributed by atoms with Gasteiger partial charge < -0.3 is 14.2 Å². The standard InChI is InChI=1S/C26H26BrCl2N3O6S/c1-16(32(39(4,34)35)20-7-9-21(36-2)10-8-20)26(33)31-30-14-17-11-22(27)25(24(12-17)37-3)38-15-18-5-6-19(28)13-23(18)29/h5-14,16H,15H2,1-4H3,(H,31,33)/b30-14-/t16-/m1/s1. The zero-order valence-electron chi connectivity index (χ0n) is 21.4. The lowest BCUT2D eigenvalue weighted by atomic mass is 10.2. The molecule has 208 valence electrons. The van der Waals surface area contributed by atoms with Crippen molar-refractivity contribution in [2.24, 2.45) is 5.10 Å². The number of hydrazone groups is 1. The molecule has 1 N–H and O–H groups in total. The third-order valence-electron chi connectivity index (χ3n) is 5.44. The molecule has 0 aliphatic carbocycles. The Kier molecular flexibility index (Phi) is 10.5. The van der Waals surface area contributed by atoms with E-state index in [0.717, 1.165) is 16.1 Å². The van der Waals surface area contributed by atoms with Crippen molar-refractivity contribution in [1.82, 2.24) is 5.43 Å². The van der Waals surface area contributed by atoms with Crippen LogP contribution in [0.1, 0.15) is 18.1 Å². The number of sulfonamides is 1. The lowest BCUT2D eigenvalue weighted by molar-refractivity contribution is -0.121. The number of rotatable bonds is 11. The van der Waals surface area contributed by atoms with Crippen LogP contribution in [-0.4, -0.2) is 47.1 Å². The zero-order valence-corrected chi connectivity index (χ0v) is 25.4. The monoisotopic (exact) mass is 657 g/mol. The van der Waals surface area contributed by atoms with Gasteiger partial charge >= 0.3 is 0 Å². The minimum Gasteiger partial charge on any atom is -0.497 e. The fraction of sp³-hybridized carbons (Fsp3) is 0.231. The molecule has 0 aliphatic heterocycles. The molecule has 1 atom stereocenters. The van der Waals surface area contributed by atoms with Gasteiger partial charge in [0.15, 0.2) is 11.5 Å². The first-order valence-corrected chi connectivity index (χ1v) is 14.7. The van der Waals surface area contributed by atoms with E-state index in [1.165, 1.54) is 27.4 Å². The summed E-state index contributed by atoms with van der Waals surface area (Å²) in [5, 5.41) is 5.00. The zero-order chi connectivity index (χ0) is 28.7. The Hall–Kier alpha value is -2.99. The molecule has 3 aromatic rings. The quantitative estimate of drug-likeness (QED) is 0.211. The van der Waals surface area contributed by atoms with Crippen LogP contribution < -0.4 is 23.9 Å². The predicted molar refractivity (Wildman–Crippen MR) is 157 cm³/mol. The van der Waals surface area contributed by atoms with Crippen LogP contribution in [0.2, 0.25) is 10.0 Å². The lowest BCUT2D eigenvalue weighted by Crippen LogP contribution is -2.46. The largest absolute Gasteiger partial charge is 0.497 e. The van der Waals surface area contributed by atoms with Crippen molar-refractivity contribution in [3.05, 3.63) is 80.2 Å². The number of halogens is 3. The highest BCUT2D eigenvalue weighted by molar-refractivity contribution is 9.10. The summed E-state index contributed by atoms with van der Waals surface area (Å²) in [6.07, 6.45) is 2.43. The van der Waals surface area contributed by atoms with Gasteiger partial charge in [-0.2, -0.15) is 5.10 Å². The number of ether oxygens (including phenoxy) is 3. The van der Waals surface area contributed by atoms with E-state index in [1.54, 1.807) is 54.6 Å². The second-order valence-electron chi connectivity index (χ2n) is 8.23.